The molecule has 0 aromatic heterocycles. The molecule has 0 aromatic rings. The highest BCUT2D eigenvalue weighted by Gasteiger charge is 2.54. The fourth-order valence-corrected chi connectivity index (χ4v) is 1.39. The average Bonchev–Trinajstić information content (AvgIpc) is 2.17. The van der Waals surface area contributed by atoms with E-state index in [1.54, 1.807) is 0 Å². The van der Waals surface area contributed by atoms with Gasteiger partial charge in [-0.1, -0.05) is 6.42 Å². The number of hydrogen-bond donors (Lipinski definition) is 2. The van der Waals surface area contributed by atoms with Gasteiger partial charge in [-0.05, 0) is 19.8 Å². The molecule has 16 heavy (non-hydrogen) atoms. The third-order valence-corrected chi connectivity index (χ3v) is 2.68. The third-order valence-electron chi connectivity index (χ3n) is 2.68. The number of rotatable bonds is 2. The minimum absolute atomic E-state index is 0.569. The van der Waals surface area contributed by atoms with Gasteiger partial charge in [0.2, 0.25) is 0 Å². The fourth-order valence-electron chi connectivity index (χ4n) is 1.39. The zero-order valence-electron chi connectivity index (χ0n) is 9.10. The van der Waals surface area contributed by atoms with Crippen LogP contribution in [0.15, 0.2) is 0 Å². The van der Waals surface area contributed by atoms with Gasteiger partial charge in [0.15, 0.2) is 5.54 Å². The summed E-state index contributed by atoms with van der Waals surface area (Å²) < 4.78 is 37.3. The van der Waals surface area contributed by atoms with E-state index in [-0.39, 0.29) is 0 Å². The van der Waals surface area contributed by atoms with E-state index in [0.29, 0.717) is 20.0 Å². The van der Waals surface area contributed by atoms with Gasteiger partial charge in [0.25, 0.3) is 5.91 Å². The highest BCUT2D eigenvalue weighted by molar-refractivity contribution is 5.86. The molecule has 0 aromatic carbocycles. The Balaban J connectivity index is 2.57. The summed E-state index contributed by atoms with van der Waals surface area (Å²) in [6.45, 7) is 1.81. The number of piperidine rings is 1. The van der Waals surface area contributed by atoms with Gasteiger partial charge in [-0.15, -0.1) is 0 Å². The molecule has 4 nitrogen and oxygen atoms in total. The molecule has 1 aliphatic heterocycles. The lowest BCUT2D eigenvalue weighted by Gasteiger charge is -2.32. The Bertz CT molecular complexity index is 259. The molecule has 94 valence electrons. The first-order valence-electron chi connectivity index (χ1n) is 5.17. The lowest BCUT2D eigenvalue weighted by Crippen LogP contribution is -2.64. The monoisotopic (exact) mass is 239 g/mol. The summed E-state index contributed by atoms with van der Waals surface area (Å²) in [5.74, 6) is -1.21. The van der Waals surface area contributed by atoms with E-state index >= 15 is 0 Å². The number of alkyl halides is 3. The number of nitrogens with two attached hydrogens (primary N) is 1. The van der Waals surface area contributed by atoms with E-state index in [9.17, 15) is 18.0 Å². The molecule has 0 saturated carbocycles. The SMILES string of the molecule is CC(N)(C(=O)NN1CCCCC1)C(F)(F)F. The van der Waals surface area contributed by atoms with Crippen molar-refractivity contribution in [2.24, 2.45) is 5.73 Å². The first kappa shape index (κ1) is 13.2. The summed E-state index contributed by atoms with van der Waals surface area (Å²) in [6.07, 6.45) is -1.97. The van der Waals surface area contributed by atoms with Crippen molar-refractivity contribution in [1.29, 1.82) is 0 Å². The maximum absolute atomic E-state index is 12.4. The molecule has 1 saturated heterocycles. The number of amides is 1. The van der Waals surface area contributed by atoms with Gasteiger partial charge < -0.3 is 5.73 Å². The number of hydrogen-bond acceptors (Lipinski definition) is 3. The molecular formula is C9H16F3N3O. The third kappa shape index (κ3) is 2.85. The Labute approximate surface area is 91.9 Å². The molecule has 1 amide bonds. The summed E-state index contributed by atoms with van der Waals surface area (Å²) in [5, 5.41) is 1.49. The summed E-state index contributed by atoms with van der Waals surface area (Å²) in [7, 11) is 0. The summed E-state index contributed by atoms with van der Waals surface area (Å²) in [6, 6.07) is 0. The first-order chi connectivity index (χ1) is 7.25. The number of nitrogens with zero attached hydrogens (tertiary/aromatic N) is 1. The number of carbonyl (C=O) groups excluding carboxylic acids is 1. The van der Waals surface area contributed by atoms with E-state index in [4.69, 9.17) is 5.73 Å². The normalized spacial score (nSPS) is 22.6. The van der Waals surface area contributed by atoms with Crippen LogP contribution < -0.4 is 11.2 Å². The van der Waals surface area contributed by atoms with Crippen molar-refractivity contribution in [2.75, 3.05) is 13.1 Å². The van der Waals surface area contributed by atoms with E-state index < -0.39 is 17.6 Å². The van der Waals surface area contributed by atoms with Crippen LogP contribution in [0.5, 0.6) is 0 Å². The van der Waals surface area contributed by atoms with Crippen LogP contribution in [0.1, 0.15) is 26.2 Å². The van der Waals surface area contributed by atoms with Crippen molar-refractivity contribution in [1.82, 2.24) is 10.4 Å². The molecule has 1 unspecified atom stereocenters. The van der Waals surface area contributed by atoms with Gasteiger partial charge in [0.1, 0.15) is 0 Å². The molecule has 0 spiro atoms. The number of halogens is 3. The zero-order valence-corrected chi connectivity index (χ0v) is 9.10. The molecule has 0 aliphatic carbocycles. The van der Waals surface area contributed by atoms with Crippen molar-refractivity contribution >= 4 is 5.91 Å². The average molecular weight is 239 g/mol. The quantitative estimate of drug-likeness (QED) is 0.748. The van der Waals surface area contributed by atoms with E-state index in [1.807, 2.05) is 0 Å². The molecule has 0 radical (unpaired) electrons. The maximum Gasteiger partial charge on any atom is 0.415 e. The second kappa shape index (κ2) is 4.58. The molecule has 1 rings (SSSR count). The standard InChI is InChI=1S/C9H16F3N3O/c1-8(13,9(10,11)12)7(16)14-15-5-3-2-4-6-15/h2-6,13H2,1H3,(H,14,16). The largest absolute Gasteiger partial charge is 0.415 e. The molecule has 1 heterocycles. The highest BCUT2D eigenvalue weighted by Crippen LogP contribution is 2.28. The molecule has 1 atom stereocenters. The Morgan fingerprint density at radius 3 is 2.19 bits per heavy atom. The van der Waals surface area contributed by atoms with E-state index in [2.05, 4.69) is 5.43 Å². The Morgan fingerprint density at radius 2 is 1.75 bits per heavy atom. The predicted octanol–water partition coefficient (Wildman–Crippen LogP) is 0.783. The maximum atomic E-state index is 12.4. The van der Waals surface area contributed by atoms with Gasteiger partial charge in [-0.3, -0.25) is 10.2 Å². The summed E-state index contributed by atoms with van der Waals surface area (Å²) in [4.78, 5) is 11.4. The van der Waals surface area contributed by atoms with Crippen molar-refractivity contribution in [3.63, 3.8) is 0 Å². The van der Waals surface area contributed by atoms with Crippen LogP contribution in [-0.4, -0.2) is 35.7 Å². The molecule has 3 N–H and O–H groups in total. The van der Waals surface area contributed by atoms with Crippen molar-refractivity contribution < 1.29 is 18.0 Å². The van der Waals surface area contributed by atoms with Crippen molar-refractivity contribution in [3.05, 3.63) is 0 Å². The summed E-state index contributed by atoms with van der Waals surface area (Å²) in [5.41, 5.74) is 4.36. The molecule has 7 heteroatoms. The van der Waals surface area contributed by atoms with Crippen molar-refractivity contribution in [2.45, 2.75) is 37.9 Å². The van der Waals surface area contributed by atoms with Gasteiger partial charge in [-0.25, -0.2) is 5.01 Å². The lowest BCUT2D eigenvalue weighted by molar-refractivity contribution is -0.190. The van der Waals surface area contributed by atoms with Gasteiger partial charge in [0.05, 0.1) is 0 Å². The van der Waals surface area contributed by atoms with Crippen LogP contribution >= 0.6 is 0 Å². The molecule has 1 aliphatic rings. The Kier molecular flexibility index (Phi) is 3.80. The smallest absolute Gasteiger partial charge is 0.310 e. The van der Waals surface area contributed by atoms with Gasteiger partial charge in [-0.2, -0.15) is 13.2 Å². The van der Waals surface area contributed by atoms with E-state index in [1.165, 1.54) is 5.01 Å². The molecule has 1 fully saturated rings. The lowest BCUT2D eigenvalue weighted by atomic mass is 10.0. The van der Waals surface area contributed by atoms with Crippen molar-refractivity contribution in [3.8, 4) is 0 Å². The minimum atomic E-state index is -4.74. The van der Waals surface area contributed by atoms with E-state index in [0.717, 1.165) is 19.3 Å². The van der Waals surface area contributed by atoms with Crippen LogP contribution in [0.3, 0.4) is 0 Å². The van der Waals surface area contributed by atoms with Gasteiger partial charge >= 0.3 is 6.18 Å². The Morgan fingerprint density at radius 1 is 1.25 bits per heavy atom. The van der Waals surface area contributed by atoms with Crippen LogP contribution in [0, 0.1) is 0 Å². The van der Waals surface area contributed by atoms with Crippen LogP contribution in [0.2, 0.25) is 0 Å². The molecular weight excluding hydrogens is 223 g/mol. The first-order valence-corrected chi connectivity index (χ1v) is 5.17. The van der Waals surface area contributed by atoms with Crippen LogP contribution in [0.4, 0.5) is 13.2 Å². The predicted molar refractivity (Wildman–Crippen MR) is 52.2 cm³/mol. The number of hydrazine groups is 1. The van der Waals surface area contributed by atoms with Crippen LogP contribution in [0.25, 0.3) is 0 Å². The second-order valence-corrected chi connectivity index (χ2v) is 4.19. The fraction of sp³-hybridized carbons (Fsp3) is 0.889. The highest BCUT2D eigenvalue weighted by atomic mass is 19.4. The zero-order chi connectivity index (χ0) is 12.4. The topological polar surface area (TPSA) is 58.4 Å². The second-order valence-electron chi connectivity index (χ2n) is 4.19. The minimum Gasteiger partial charge on any atom is -0.310 e. The van der Waals surface area contributed by atoms with Crippen LogP contribution in [-0.2, 0) is 4.79 Å². The molecule has 0 bridgehead atoms. The van der Waals surface area contributed by atoms with Gasteiger partial charge in [0, 0.05) is 13.1 Å². The Hall–Kier alpha value is -0.820. The number of nitrogens with one attached hydrogen (secondary N) is 1. The number of carbonyl (C=O) groups is 1. The summed E-state index contributed by atoms with van der Waals surface area (Å²) >= 11 is 0.